The molecule has 5 heterocycles. The monoisotopic (exact) mass is 632 g/mol. The van der Waals surface area contributed by atoms with Crippen LogP contribution in [0.3, 0.4) is 0 Å². The van der Waals surface area contributed by atoms with E-state index in [1.54, 1.807) is 24.7 Å². The lowest BCUT2D eigenvalue weighted by molar-refractivity contribution is 0.586. The summed E-state index contributed by atoms with van der Waals surface area (Å²) in [5.41, 5.74) is 8.52. The topological polar surface area (TPSA) is 141 Å². The van der Waals surface area contributed by atoms with Gasteiger partial charge >= 0.3 is 0 Å². The summed E-state index contributed by atoms with van der Waals surface area (Å²) < 4.78 is 40.2. The van der Waals surface area contributed by atoms with E-state index in [0.29, 0.717) is 29.1 Å². The lowest BCUT2D eigenvalue weighted by Gasteiger charge is -2.08. The maximum Gasteiger partial charge on any atom is 0.209 e. The molecule has 46 heavy (non-hydrogen) atoms. The highest BCUT2D eigenvalue weighted by Crippen LogP contribution is 2.34. The second-order valence-electron chi connectivity index (χ2n) is 11.1. The van der Waals surface area contributed by atoms with Crippen LogP contribution in [0.1, 0.15) is 16.7 Å². The first-order valence-electron chi connectivity index (χ1n) is 14.5. The van der Waals surface area contributed by atoms with E-state index in [4.69, 9.17) is 0 Å². The van der Waals surface area contributed by atoms with Crippen molar-refractivity contribution >= 4 is 31.8 Å². The number of sulfonamides is 1. The van der Waals surface area contributed by atoms with Gasteiger partial charge in [-0.2, -0.15) is 5.10 Å². The zero-order chi connectivity index (χ0) is 31.7. The number of aromatic amines is 2. The fourth-order valence-corrected chi connectivity index (χ4v) is 5.90. The highest BCUT2D eigenvalue weighted by molar-refractivity contribution is 7.88. The number of halogens is 1. The molecular weight excluding hydrogens is 603 g/mol. The zero-order valence-electron chi connectivity index (χ0n) is 24.8. The Morgan fingerprint density at radius 1 is 0.761 bits per heavy atom. The van der Waals surface area contributed by atoms with Gasteiger partial charge in [-0.1, -0.05) is 30.3 Å². The molecule has 0 spiro atoms. The van der Waals surface area contributed by atoms with Gasteiger partial charge in [0.2, 0.25) is 10.0 Å². The molecule has 0 atom stereocenters. The van der Waals surface area contributed by atoms with Crippen LogP contribution in [0, 0.1) is 5.82 Å². The predicted molar refractivity (Wildman–Crippen MR) is 176 cm³/mol. The van der Waals surface area contributed by atoms with Gasteiger partial charge in [0.1, 0.15) is 11.5 Å². The Hall–Kier alpha value is -5.30. The average molecular weight is 633 g/mol. The van der Waals surface area contributed by atoms with Crippen molar-refractivity contribution < 1.29 is 12.8 Å². The van der Waals surface area contributed by atoms with Crippen LogP contribution in [0.2, 0.25) is 0 Å². The van der Waals surface area contributed by atoms with Gasteiger partial charge in [0.15, 0.2) is 0 Å². The van der Waals surface area contributed by atoms with Gasteiger partial charge in [-0.15, -0.1) is 0 Å². The van der Waals surface area contributed by atoms with E-state index in [0.717, 1.165) is 57.1 Å². The summed E-state index contributed by atoms with van der Waals surface area (Å²) in [6.45, 7) is 1.40. The van der Waals surface area contributed by atoms with Crippen molar-refractivity contribution in [3.63, 3.8) is 0 Å². The molecule has 0 aliphatic rings. The fourth-order valence-electron chi connectivity index (χ4n) is 5.47. The summed E-state index contributed by atoms with van der Waals surface area (Å²) in [5, 5.41) is 12.8. The number of aromatic nitrogens is 6. The van der Waals surface area contributed by atoms with E-state index < -0.39 is 15.8 Å². The SMILES string of the molecule is CS(=O)(=O)NCc1cc(F)cc(-c2nccc3[nH]c(-c4n[nH]c5cnc(-c6cncc(CNCc7ccccc7)c6)cc45)cc23)c1. The first-order chi connectivity index (χ1) is 22.3. The van der Waals surface area contributed by atoms with Crippen molar-refractivity contribution in [1.82, 2.24) is 40.2 Å². The van der Waals surface area contributed by atoms with Crippen molar-refractivity contribution in [2.24, 2.45) is 0 Å². The number of hydrogen-bond acceptors (Lipinski definition) is 7. The second kappa shape index (κ2) is 12.2. The van der Waals surface area contributed by atoms with E-state index in [-0.39, 0.29) is 6.54 Å². The molecule has 230 valence electrons. The lowest BCUT2D eigenvalue weighted by Crippen LogP contribution is -2.21. The third-order valence-corrected chi connectivity index (χ3v) is 8.28. The fraction of sp³-hybridized carbons (Fsp3) is 0.118. The Kier molecular flexibility index (Phi) is 7.83. The summed E-state index contributed by atoms with van der Waals surface area (Å²) in [4.78, 5) is 17.1. The van der Waals surface area contributed by atoms with Crippen molar-refractivity contribution in [2.75, 3.05) is 6.26 Å². The number of fused-ring (bicyclic) bond motifs is 2. The molecule has 0 saturated carbocycles. The second-order valence-corrected chi connectivity index (χ2v) is 12.9. The number of nitrogens with zero attached hydrogens (tertiary/aromatic N) is 4. The van der Waals surface area contributed by atoms with Gasteiger partial charge in [0.25, 0.3) is 0 Å². The molecule has 0 unspecified atom stereocenters. The van der Waals surface area contributed by atoms with Gasteiger partial charge in [0.05, 0.1) is 35.1 Å². The molecule has 0 saturated heterocycles. The van der Waals surface area contributed by atoms with Crippen LogP contribution >= 0.6 is 0 Å². The van der Waals surface area contributed by atoms with Crippen LogP contribution < -0.4 is 10.0 Å². The number of H-pyrrole nitrogens is 2. The third-order valence-electron chi connectivity index (χ3n) is 7.61. The molecule has 7 rings (SSSR count). The van der Waals surface area contributed by atoms with Gasteiger partial charge in [-0.25, -0.2) is 17.5 Å². The Balaban J connectivity index is 1.19. The molecule has 5 aromatic heterocycles. The molecule has 0 aliphatic heterocycles. The molecular formula is C34H29FN8O2S. The van der Waals surface area contributed by atoms with E-state index in [1.165, 1.54) is 17.7 Å². The van der Waals surface area contributed by atoms with E-state index >= 15 is 0 Å². The van der Waals surface area contributed by atoms with Crippen molar-refractivity contribution in [3.8, 4) is 33.9 Å². The summed E-state index contributed by atoms with van der Waals surface area (Å²) in [5.74, 6) is -0.485. The third kappa shape index (κ3) is 6.40. The number of hydrogen-bond donors (Lipinski definition) is 4. The molecule has 0 bridgehead atoms. The van der Waals surface area contributed by atoms with Crippen LogP contribution in [-0.4, -0.2) is 44.8 Å². The van der Waals surface area contributed by atoms with Crippen LogP contribution in [0.4, 0.5) is 4.39 Å². The van der Waals surface area contributed by atoms with Crippen LogP contribution in [-0.2, 0) is 29.7 Å². The standard InChI is InChI=1S/C34H29FN8O2S/c1-46(44,45)40-18-22-9-24(12-26(35)11-22)33-27-14-31(41-29(27)7-8-38-33)34-28-13-30(39-20-32(28)42-43-34)25-10-23(17-37-19-25)16-36-15-21-5-3-2-4-6-21/h2-14,17,19-20,36,40-41H,15-16,18H2,1H3,(H,42,43). The van der Waals surface area contributed by atoms with Crippen LogP contribution in [0.15, 0.2) is 97.6 Å². The minimum Gasteiger partial charge on any atom is -0.353 e. The minimum atomic E-state index is -3.44. The highest BCUT2D eigenvalue weighted by Gasteiger charge is 2.17. The quantitative estimate of drug-likeness (QED) is 0.151. The maximum atomic E-state index is 14.6. The average Bonchev–Trinajstić information content (AvgIpc) is 3.68. The molecule has 2 aromatic carbocycles. The number of pyridine rings is 3. The van der Waals surface area contributed by atoms with Gasteiger partial charge in [0, 0.05) is 65.6 Å². The van der Waals surface area contributed by atoms with Gasteiger partial charge in [-0.3, -0.25) is 20.1 Å². The van der Waals surface area contributed by atoms with Crippen LogP contribution in [0.25, 0.3) is 55.7 Å². The summed E-state index contributed by atoms with van der Waals surface area (Å²) in [7, 11) is -3.44. The zero-order valence-corrected chi connectivity index (χ0v) is 25.6. The van der Waals surface area contributed by atoms with Crippen molar-refractivity contribution in [1.29, 1.82) is 0 Å². The molecule has 12 heteroatoms. The Morgan fingerprint density at radius 2 is 1.57 bits per heavy atom. The Labute approximate surface area is 264 Å². The van der Waals surface area contributed by atoms with Gasteiger partial charge < -0.3 is 10.3 Å². The van der Waals surface area contributed by atoms with Crippen molar-refractivity contribution in [3.05, 3.63) is 120 Å². The van der Waals surface area contributed by atoms with E-state index in [9.17, 15) is 12.8 Å². The van der Waals surface area contributed by atoms with E-state index in [2.05, 4.69) is 58.4 Å². The molecule has 10 nitrogen and oxygen atoms in total. The highest BCUT2D eigenvalue weighted by atomic mass is 32.2. The van der Waals surface area contributed by atoms with Crippen molar-refractivity contribution in [2.45, 2.75) is 19.6 Å². The predicted octanol–water partition coefficient (Wildman–Crippen LogP) is 5.71. The maximum absolute atomic E-state index is 14.6. The first-order valence-corrected chi connectivity index (χ1v) is 16.4. The Morgan fingerprint density at radius 3 is 2.41 bits per heavy atom. The molecule has 7 aromatic rings. The molecule has 0 aliphatic carbocycles. The first kappa shape index (κ1) is 29.4. The number of nitrogens with one attached hydrogen (secondary N) is 4. The molecule has 0 amide bonds. The van der Waals surface area contributed by atoms with Crippen LogP contribution in [0.5, 0.6) is 0 Å². The number of rotatable bonds is 10. The summed E-state index contributed by atoms with van der Waals surface area (Å²) >= 11 is 0. The number of benzene rings is 2. The normalized spacial score (nSPS) is 11.9. The van der Waals surface area contributed by atoms with Gasteiger partial charge in [-0.05, 0) is 59.2 Å². The molecule has 0 radical (unpaired) electrons. The Bertz CT molecular complexity index is 2300. The minimum absolute atomic E-state index is 0.0315. The van der Waals surface area contributed by atoms with E-state index in [1.807, 2.05) is 42.6 Å². The smallest absolute Gasteiger partial charge is 0.209 e. The lowest BCUT2D eigenvalue weighted by atomic mass is 10.0. The molecule has 4 N–H and O–H groups in total. The largest absolute Gasteiger partial charge is 0.353 e. The summed E-state index contributed by atoms with van der Waals surface area (Å²) in [6.07, 6.45) is 8.12. The summed E-state index contributed by atoms with van der Waals surface area (Å²) in [6, 6.07) is 22.5. The molecule has 0 fully saturated rings.